The van der Waals surface area contributed by atoms with Gasteiger partial charge in [0.15, 0.2) is 0 Å². The van der Waals surface area contributed by atoms with E-state index < -0.39 is 0 Å². The first-order valence-electron chi connectivity index (χ1n) is 5.18. The van der Waals surface area contributed by atoms with Crippen LogP contribution in [-0.2, 0) is 16.0 Å². The molecule has 1 aliphatic rings. The zero-order chi connectivity index (χ0) is 10.7. The van der Waals surface area contributed by atoms with Crippen LogP contribution in [0, 0.1) is 5.82 Å². The lowest BCUT2D eigenvalue weighted by molar-refractivity contribution is -0.141. The van der Waals surface area contributed by atoms with Crippen molar-refractivity contribution in [3.63, 3.8) is 0 Å². The van der Waals surface area contributed by atoms with Crippen LogP contribution in [0.25, 0.3) is 0 Å². The number of hydrogen-bond acceptors (Lipinski definition) is 2. The van der Waals surface area contributed by atoms with Crippen molar-refractivity contribution in [2.24, 2.45) is 0 Å². The lowest BCUT2D eigenvalue weighted by atomic mass is 10.1. The molecular weight excluding hydrogens is 195 g/mol. The molecule has 1 aromatic rings. The number of cyclic esters (lactones) is 1. The minimum Gasteiger partial charge on any atom is -0.462 e. The first-order valence-corrected chi connectivity index (χ1v) is 5.18. The van der Waals surface area contributed by atoms with Gasteiger partial charge in [0.05, 0.1) is 0 Å². The van der Waals surface area contributed by atoms with E-state index in [4.69, 9.17) is 4.74 Å². The molecule has 1 atom stereocenters. The first-order chi connectivity index (χ1) is 7.24. The Hall–Kier alpha value is -1.38. The van der Waals surface area contributed by atoms with Gasteiger partial charge in [-0.15, -0.1) is 0 Å². The van der Waals surface area contributed by atoms with E-state index in [2.05, 4.69) is 0 Å². The van der Waals surface area contributed by atoms with Crippen molar-refractivity contribution in [2.75, 3.05) is 0 Å². The van der Waals surface area contributed by atoms with E-state index in [0.717, 1.165) is 24.8 Å². The minimum atomic E-state index is -0.217. The summed E-state index contributed by atoms with van der Waals surface area (Å²) < 4.78 is 17.7. The summed E-state index contributed by atoms with van der Waals surface area (Å²) >= 11 is 0. The van der Waals surface area contributed by atoms with Gasteiger partial charge in [-0.25, -0.2) is 4.39 Å². The number of carbonyl (C=O) groups is 1. The molecule has 2 nitrogen and oxygen atoms in total. The van der Waals surface area contributed by atoms with Gasteiger partial charge in [-0.2, -0.15) is 0 Å². The van der Waals surface area contributed by atoms with Gasteiger partial charge in [0.2, 0.25) is 0 Å². The van der Waals surface area contributed by atoms with E-state index >= 15 is 0 Å². The Balaban J connectivity index is 1.83. The molecule has 0 aliphatic carbocycles. The monoisotopic (exact) mass is 208 g/mol. The topological polar surface area (TPSA) is 26.3 Å². The third-order valence-corrected chi connectivity index (χ3v) is 2.64. The molecule has 0 saturated carbocycles. The number of hydrogen-bond donors (Lipinski definition) is 0. The fourth-order valence-electron chi connectivity index (χ4n) is 1.76. The van der Waals surface area contributed by atoms with E-state index in [1.807, 2.05) is 0 Å². The Kier molecular flexibility index (Phi) is 2.99. The molecule has 1 aromatic carbocycles. The molecule has 1 heterocycles. The average molecular weight is 208 g/mol. The maximum atomic E-state index is 12.6. The van der Waals surface area contributed by atoms with Crippen molar-refractivity contribution in [2.45, 2.75) is 31.8 Å². The van der Waals surface area contributed by atoms with E-state index in [0.29, 0.717) is 6.42 Å². The van der Waals surface area contributed by atoms with Crippen LogP contribution in [0.15, 0.2) is 24.3 Å². The molecule has 1 saturated heterocycles. The number of halogens is 1. The molecule has 2 rings (SSSR count). The van der Waals surface area contributed by atoms with Crippen molar-refractivity contribution in [3.8, 4) is 0 Å². The summed E-state index contributed by atoms with van der Waals surface area (Å²) in [5, 5.41) is 0. The summed E-state index contributed by atoms with van der Waals surface area (Å²) in [7, 11) is 0. The normalized spacial score (nSPS) is 20.3. The third kappa shape index (κ3) is 2.78. The Morgan fingerprint density at radius 2 is 2.07 bits per heavy atom. The fourth-order valence-corrected chi connectivity index (χ4v) is 1.76. The minimum absolute atomic E-state index is 0.0579. The van der Waals surface area contributed by atoms with Crippen LogP contribution >= 0.6 is 0 Å². The van der Waals surface area contributed by atoms with Gasteiger partial charge in [0, 0.05) is 6.42 Å². The van der Waals surface area contributed by atoms with Crippen molar-refractivity contribution in [3.05, 3.63) is 35.6 Å². The van der Waals surface area contributed by atoms with Crippen molar-refractivity contribution in [1.82, 2.24) is 0 Å². The molecule has 0 amide bonds. The summed E-state index contributed by atoms with van der Waals surface area (Å²) in [6, 6.07) is 6.45. The molecule has 0 N–H and O–H groups in total. The lowest BCUT2D eigenvalue weighted by Crippen LogP contribution is -2.07. The molecule has 0 aromatic heterocycles. The van der Waals surface area contributed by atoms with Gasteiger partial charge in [-0.05, 0) is 37.0 Å². The summed E-state index contributed by atoms with van der Waals surface area (Å²) in [5.74, 6) is -0.315. The predicted molar refractivity (Wildman–Crippen MR) is 53.8 cm³/mol. The van der Waals surface area contributed by atoms with Crippen LogP contribution in [0.4, 0.5) is 4.39 Å². The number of ether oxygens (including phenoxy) is 1. The first kappa shape index (κ1) is 10.1. The standard InChI is InChI=1S/C12H13FO2/c13-10-4-1-9(2-5-10)3-6-11-7-8-12(14)15-11/h1-2,4-5,11H,3,6-8H2/t11-/m0/s1. The van der Waals surface area contributed by atoms with Gasteiger partial charge in [0.25, 0.3) is 0 Å². The number of aryl methyl sites for hydroxylation is 1. The Morgan fingerprint density at radius 3 is 2.67 bits per heavy atom. The van der Waals surface area contributed by atoms with Gasteiger partial charge < -0.3 is 4.74 Å². The van der Waals surface area contributed by atoms with Crippen LogP contribution in [0.2, 0.25) is 0 Å². The smallest absolute Gasteiger partial charge is 0.306 e. The molecule has 1 aliphatic heterocycles. The molecule has 15 heavy (non-hydrogen) atoms. The maximum Gasteiger partial charge on any atom is 0.306 e. The molecule has 0 spiro atoms. The van der Waals surface area contributed by atoms with Crippen LogP contribution in [0.3, 0.4) is 0 Å². The summed E-state index contributed by atoms with van der Waals surface area (Å²) in [6.45, 7) is 0. The highest BCUT2D eigenvalue weighted by atomic mass is 19.1. The fraction of sp³-hybridized carbons (Fsp3) is 0.417. The number of carbonyl (C=O) groups excluding carboxylic acids is 1. The van der Waals surface area contributed by atoms with Crippen LogP contribution in [0.5, 0.6) is 0 Å². The number of rotatable bonds is 3. The maximum absolute atomic E-state index is 12.6. The molecular formula is C12H13FO2. The lowest BCUT2D eigenvalue weighted by Gasteiger charge is -2.08. The van der Waals surface area contributed by atoms with Crippen molar-refractivity contribution >= 4 is 5.97 Å². The molecule has 3 heteroatoms. The number of esters is 1. The second kappa shape index (κ2) is 4.43. The van der Waals surface area contributed by atoms with Gasteiger partial charge in [-0.1, -0.05) is 12.1 Å². The highest BCUT2D eigenvalue weighted by Crippen LogP contribution is 2.18. The predicted octanol–water partition coefficient (Wildman–Crippen LogP) is 2.46. The van der Waals surface area contributed by atoms with Crippen molar-refractivity contribution in [1.29, 1.82) is 0 Å². The third-order valence-electron chi connectivity index (χ3n) is 2.64. The largest absolute Gasteiger partial charge is 0.462 e. The number of benzene rings is 1. The Bertz CT molecular complexity index is 345. The zero-order valence-electron chi connectivity index (χ0n) is 8.41. The molecule has 0 radical (unpaired) electrons. The highest BCUT2D eigenvalue weighted by molar-refractivity contribution is 5.71. The summed E-state index contributed by atoms with van der Waals surface area (Å²) in [4.78, 5) is 10.8. The molecule has 80 valence electrons. The van der Waals surface area contributed by atoms with Gasteiger partial charge in [-0.3, -0.25) is 4.79 Å². The molecule has 0 bridgehead atoms. The highest BCUT2D eigenvalue weighted by Gasteiger charge is 2.22. The van der Waals surface area contributed by atoms with E-state index in [9.17, 15) is 9.18 Å². The quantitative estimate of drug-likeness (QED) is 0.713. The van der Waals surface area contributed by atoms with Gasteiger partial charge >= 0.3 is 5.97 Å². The van der Waals surface area contributed by atoms with E-state index in [-0.39, 0.29) is 17.9 Å². The Labute approximate surface area is 88.1 Å². The second-order valence-electron chi connectivity index (χ2n) is 3.82. The molecule has 1 fully saturated rings. The van der Waals surface area contributed by atoms with Gasteiger partial charge in [0.1, 0.15) is 11.9 Å². The van der Waals surface area contributed by atoms with E-state index in [1.54, 1.807) is 12.1 Å². The van der Waals surface area contributed by atoms with E-state index in [1.165, 1.54) is 12.1 Å². The zero-order valence-corrected chi connectivity index (χ0v) is 8.41. The average Bonchev–Trinajstić information content (AvgIpc) is 2.64. The van der Waals surface area contributed by atoms with Crippen molar-refractivity contribution < 1.29 is 13.9 Å². The van der Waals surface area contributed by atoms with Crippen LogP contribution in [-0.4, -0.2) is 12.1 Å². The second-order valence-corrected chi connectivity index (χ2v) is 3.82. The van der Waals surface area contributed by atoms with Crippen LogP contribution in [0.1, 0.15) is 24.8 Å². The molecule has 0 unspecified atom stereocenters. The SMILES string of the molecule is O=C1CC[C@H](CCc2ccc(F)cc2)O1. The summed E-state index contributed by atoms with van der Waals surface area (Å²) in [6.07, 6.45) is 3.08. The Morgan fingerprint density at radius 1 is 1.33 bits per heavy atom. The van der Waals surface area contributed by atoms with Crippen LogP contribution < -0.4 is 0 Å². The summed E-state index contributed by atoms with van der Waals surface area (Å²) in [5.41, 5.74) is 1.08.